The molecule has 0 aliphatic heterocycles. The van der Waals surface area contributed by atoms with Crippen molar-refractivity contribution in [3.05, 3.63) is 0 Å². The zero-order valence-electron chi connectivity index (χ0n) is 13.1. The van der Waals surface area contributed by atoms with Crippen LogP contribution < -0.4 is 10.6 Å². The molecule has 7 nitrogen and oxygen atoms in total. The van der Waals surface area contributed by atoms with Crippen LogP contribution in [-0.2, 0) is 9.59 Å². The number of carbonyl (C=O) groups excluding carboxylic acids is 2. The number of nitrogens with one attached hydrogen (secondary N) is 2. The molecule has 0 aromatic carbocycles. The third kappa shape index (κ3) is 9.70. The zero-order chi connectivity index (χ0) is 16.3. The molecular formula is C14H27N3O4. The maximum absolute atomic E-state index is 12.0. The molecule has 7 heteroatoms. The summed E-state index contributed by atoms with van der Waals surface area (Å²) in [5, 5.41) is 13.9. The molecule has 0 saturated carbocycles. The minimum atomic E-state index is -0.800. The van der Waals surface area contributed by atoms with Crippen LogP contribution in [0.4, 0.5) is 4.79 Å². The molecule has 1 unspecified atom stereocenters. The van der Waals surface area contributed by atoms with E-state index in [9.17, 15) is 14.4 Å². The van der Waals surface area contributed by atoms with Crippen LogP contribution in [0.5, 0.6) is 0 Å². The predicted molar refractivity (Wildman–Crippen MR) is 80.0 cm³/mol. The van der Waals surface area contributed by atoms with Crippen molar-refractivity contribution in [3.63, 3.8) is 0 Å². The lowest BCUT2D eigenvalue weighted by molar-refractivity contribution is -0.137. The number of amides is 3. The van der Waals surface area contributed by atoms with E-state index < -0.39 is 5.97 Å². The van der Waals surface area contributed by atoms with Gasteiger partial charge in [-0.05, 0) is 25.2 Å². The van der Waals surface area contributed by atoms with Gasteiger partial charge in [0.25, 0.3) is 0 Å². The average molecular weight is 301 g/mol. The highest BCUT2D eigenvalue weighted by Gasteiger charge is 2.15. The van der Waals surface area contributed by atoms with Gasteiger partial charge in [-0.25, -0.2) is 4.79 Å². The second-order valence-corrected chi connectivity index (χ2v) is 5.15. The number of carboxylic acid groups (broad SMARTS) is 1. The molecule has 0 aromatic heterocycles. The first-order valence-corrected chi connectivity index (χ1v) is 7.35. The van der Waals surface area contributed by atoms with Crippen molar-refractivity contribution >= 4 is 17.9 Å². The summed E-state index contributed by atoms with van der Waals surface area (Å²) in [6.07, 6.45) is 2.24. The van der Waals surface area contributed by atoms with Crippen molar-refractivity contribution < 1.29 is 19.5 Å². The van der Waals surface area contributed by atoms with Crippen LogP contribution in [0.2, 0.25) is 0 Å². The van der Waals surface area contributed by atoms with E-state index in [1.54, 1.807) is 0 Å². The van der Waals surface area contributed by atoms with Gasteiger partial charge in [-0.2, -0.15) is 0 Å². The Bertz CT molecular complexity index is 347. The van der Waals surface area contributed by atoms with Crippen molar-refractivity contribution in [1.29, 1.82) is 0 Å². The van der Waals surface area contributed by atoms with Gasteiger partial charge < -0.3 is 20.6 Å². The standard InChI is InChI=1S/C14H27N3O4/c1-4-9-17(10-12(18)15-3)14(21)16-8-7-11(2)5-6-13(19)20/h11H,4-10H2,1-3H3,(H,15,18)(H,16,21)(H,19,20). The number of likely N-dealkylation sites (N-methyl/N-ethyl adjacent to an activating group) is 1. The van der Waals surface area contributed by atoms with Crippen molar-refractivity contribution in [2.75, 3.05) is 26.7 Å². The molecule has 0 aliphatic carbocycles. The summed E-state index contributed by atoms with van der Waals surface area (Å²) in [5.41, 5.74) is 0. The Labute approximate surface area is 126 Å². The van der Waals surface area contributed by atoms with Crippen molar-refractivity contribution in [3.8, 4) is 0 Å². The summed E-state index contributed by atoms with van der Waals surface area (Å²) in [4.78, 5) is 35.3. The molecule has 3 N–H and O–H groups in total. The lowest BCUT2D eigenvalue weighted by atomic mass is 10.0. The number of aliphatic carboxylic acids is 1. The summed E-state index contributed by atoms with van der Waals surface area (Å²) in [7, 11) is 1.54. The Morgan fingerprint density at radius 2 is 1.90 bits per heavy atom. The van der Waals surface area contributed by atoms with Crippen LogP contribution in [-0.4, -0.2) is 54.6 Å². The predicted octanol–water partition coefficient (Wildman–Crippen LogP) is 1.05. The van der Waals surface area contributed by atoms with Crippen molar-refractivity contribution in [2.45, 2.75) is 39.5 Å². The van der Waals surface area contributed by atoms with E-state index in [1.807, 2.05) is 13.8 Å². The average Bonchev–Trinajstić information content (AvgIpc) is 2.44. The Kier molecular flexibility index (Phi) is 10.0. The molecule has 122 valence electrons. The van der Waals surface area contributed by atoms with Gasteiger partial charge in [0, 0.05) is 26.6 Å². The summed E-state index contributed by atoms with van der Waals surface area (Å²) in [6, 6.07) is -0.258. The molecule has 0 radical (unpaired) electrons. The Morgan fingerprint density at radius 3 is 2.43 bits per heavy atom. The summed E-state index contributed by atoms with van der Waals surface area (Å²) in [6.45, 7) is 4.95. The highest BCUT2D eigenvalue weighted by atomic mass is 16.4. The Hall–Kier alpha value is -1.79. The van der Waals surface area contributed by atoms with Gasteiger partial charge in [0.1, 0.15) is 6.54 Å². The summed E-state index contributed by atoms with van der Waals surface area (Å²) < 4.78 is 0. The molecule has 3 amide bonds. The zero-order valence-corrected chi connectivity index (χ0v) is 13.1. The number of hydrogen-bond donors (Lipinski definition) is 3. The molecule has 0 bridgehead atoms. The smallest absolute Gasteiger partial charge is 0.317 e. The second-order valence-electron chi connectivity index (χ2n) is 5.15. The van der Waals surface area contributed by atoms with Crippen LogP contribution >= 0.6 is 0 Å². The van der Waals surface area contributed by atoms with Gasteiger partial charge in [-0.15, -0.1) is 0 Å². The third-order valence-electron chi connectivity index (χ3n) is 3.16. The molecule has 0 spiro atoms. The maximum Gasteiger partial charge on any atom is 0.317 e. The highest BCUT2D eigenvalue weighted by molar-refractivity contribution is 5.83. The first-order valence-electron chi connectivity index (χ1n) is 7.35. The van der Waals surface area contributed by atoms with E-state index >= 15 is 0 Å². The number of nitrogens with zero attached hydrogens (tertiary/aromatic N) is 1. The molecule has 0 heterocycles. The third-order valence-corrected chi connectivity index (χ3v) is 3.16. The SMILES string of the molecule is CCCN(CC(=O)NC)C(=O)NCCC(C)CCC(=O)O. The van der Waals surface area contributed by atoms with Crippen LogP contribution in [0.3, 0.4) is 0 Å². The fraction of sp³-hybridized carbons (Fsp3) is 0.786. The fourth-order valence-corrected chi connectivity index (χ4v) is 1.83. The Balaban J connectivity index is 4.07. The topological polar surface area (TPSA) is 98.7 Å². The highest BCUT2D eigenvalue weighted by Crippen LogP contribution is 2.09. The number of rotatable bonds is 10. The van der Waals surface area contributed by atoms with E-state index in [0.29, 0.717) is 19.5 Å². The molecule has 21 heavy (non-hydrogen) atoms. The summed E-state index contributed by atoms with van der Waals surface area (Å²) in [5.74, 6) is -0.765. The minimum Gasteiger partial charge on any atom is -0.481 e. The van der Waals surface area contributed by atoms with Crippen LogP contribution in [0, 0.1) is 5.92 Å². The van der Waals surface area contributed by atoms with Gasteiger partial charge in [0.05, 0.1) is 0 Å². The van der Waals surface area contributed by atoms with E-state index in [-0.39, 0.29) is 30.8 Å². The molecular weight excluding hydrogens is 274 g/mol. The number of carbonyl (C=O) groups is 3. The lowest BCUT2D eigenvalue weighted by Crippen LogP contribution is -2.45. The first kappa shape index (κ1) is 19.2. The van der Waals surface area contributed by atoms with Crippen LogP contribution in [0.25, 0.3) is 0 Å². The molecule has 0 rings (SSSR count). The fourth-order valence-electron chi connectivity index (χ4n) is 1.83. The van der Waals surface area contributed by atoms with E-state index in [4.69, 9.17) is 5.11 Å². The maximum atomic E-state index is 12.0. The minimum absolute atomic E-state index is 0.0464. The number of urea groups is 1. The quantitative estimate of drug-likeness (QED) is 0.561. The summed E-state index contributed by atoms with van der Waals surface area (Å²) >= 11 is 0. The molecule has 0 saturated heterocycles. The molecule has 0 fully saturated rings. The van der Waals surface area contributed by atoms with Gasteiger partial charge in [-0.3, -0.25) is 9.59 Å². The van der Waals surface area contributed by atoms with E-state index in [1.165, 1.54) is 11.9 Å². The van der Waals surface area contributed by atoms with Crippen LogP contribution in [0.15, 0.2) is 0 Å². The van der Waals surface area contributed by atoms with Gasteiger partial charge in [-0.1, -0.05) is 13.8 Å². The van der Waals surface area contributed by atoms with Gasteiger partial charge in [0.2, 0.25) is 5.91 Å². The number of hydrogen-bond acceptors (Lipinski definition) is 3. The van der Waals surface area contributed by atoms with Gasteiger partial charge in [0.15, 0.2) is 0 Å². The lowest BCUT2D eigenvalue weighted by Gasteiger charge is -2.22. The van der Waals surface area contributed by atoms with E-state index in [0.717, 1.165) is 12.8 Å². The second kappa shape index (κ2) is 10.9. The molecule has 0 aromatic rings. The molecule has 1 atom stereocenters. The van der Waals surface area contributed by atoms with Crippen molar-refractivity contribution in [2.24, 2.45) is 5.92 Å². The van der Waals surface area contributed by atoms with Crippen molar-refractivity contribution in [1.82, 2.24) is 15.5 Å². The largest absolute Gasteiger partial charge is 0.481 e. The van der Waals surface area contributed by atoms with Crippen LogP contribution in [0.1, 0.15) is 39.5 Å². The Morgan fingerprint density at radius 1 is 1.24 bits per heavy atom. The normalized spacial score (nSPS) is 11.6. The van der Waals surface area contributed by atoms with E-state index in [2.05, 4.69) is 10.6 Å². The monoisotopic (exact) mass is 301 g/mol. The number of carboxylic acids is 1. The van der Waals surface area contributed by atoms with Gasteiger partial charge >= 0.3 is 12.0 Å². The first-order chi connectivity index (χ1) is 9.90. The molecule has 0 aliphatic rings.